The van der Waals surface area contributed by atoms with E-state index in [1.165, 1.54) is 31.4 Å². The highest BCUT2D eigenvalue weighted by atomic mass is 16.3. The van der Waals surface area contributed by atoms with E-state index in [1.54, 1.807) is 0 Å². The Kier molecular flexibility index (Phi) is 4.84. The number of hydrogen-bond acceptors (Lipinski definition) is 3. The van der Waals surface area contributed by atoms with Crippen molar-refractivity contribution in [2.45, 2.75) is 59.2 Å². The predicted octanol–water partition coefficient (Wildman–Crippen LogP) is 3.07. The van der Waals surface area contributed by atoms with E-state index < -0.39 is 0 Å². The van der Waals surface area contributed by atoms with Crippen molar-refractivity contribution in [3.8, 4) is 0 Å². The average Bonchev–Trinajstić information content (AvgIpc) is 3.12. The Bertz CT molecular complexity index is 369. The summed E-state index contributed by atoms with van der Waals surface area (Å²) in [6.07, 6.45) is 3.95. The topological polar surface area (TPSA) is 28.4 Å². The molecule has 0 aliphatic heterocycles. The SMILES string of the molecule is CCCN(Cc1cc(C)c(CNCC)o1)C1CC1. The predicted molar refractivity (Wildman–Crippen MR) is 74.5 cm³/mol. The van der Waals surface area contributed by atoms with Gasteiger partial charge in [-0.3, -0.25) is 4.90 Å². The van der Waals surface area contributed by atoms with Crippen molar-refractivity contribution in [2.75, 3.05) is 13.1 Å². The molecule has 0 bridgehead atoms. The van der Waals surface area contributed by atoms with E-state index in [-0.39, 0.29) is 0 Å². The summed E-state index contributed by atoms with van der Waals surface area (Å²) in [5.74, 6) is 2.22. The monoisotopic (exact) mass is 250 g/mol. The molecular weight excluding hydrogens is 224 g/mol. The highest BCUT2D eigenvalue weighted by Crippen LogP contribution is 2.29. The van der Waals surface area contributed by atoms with Crippen molar-refractivity contribution >= 4 is 0 Å². The van der Waals surface area contributed by atoms with Crippen LogP contribution in [0.2, 0.25) is 0 Å². The molecule has 0 unspecified atom stereocenters. The highest BCUT2D eigenvalue weighted by Gasteiger charge is 2.29. The molecule has 1 aliphatic rings. The molecular formula is C15H26N2O. The molecule has 1 fully saturated rings. The van der Waals surface area contributed by atoms with Crippen LogP contribution in [0, 0.1) is 6.92 Å². The summed E-state index contributed by atoms with van der Waals surface area (Å²) in [7, 11) is 0. The van der Waals surface area contributed by atoms with Gasteiger partial charge in [-0.2, -0.15) is 0 Å². The lowest BCUT2D eigenvalue weighted by atomic mass is 10.2. The summed E-state index contributed by atoms with van der Waals surface area (Å²) in [5, 5.41) is 3.32. The van der Waals surface area contributed by atoms with E-state index in [4.69, 9.17) is 4.42 Å². The van der Waals surface area contributed by atoms with Gasteiger partial charge in [0.05, 0.1) is 13.1 Å². The molecule has 1 saturated carbocycles. The molecule has 1 aromatic heterocycles. The number of rotatable bonds is 8. The molecule has 0 saturated heterocycles. The molecule has 18 heavy (non-hydrogen) atoms. The number of nitrogens with zero attached hydrogens (tertiary/aromatic N) is 1. The molecule has 102 valence electrons. The van der Waals surface area contributed by atoms with Crippen LogP contribution in [0.3, 0.4) is 0 Å². The van der Waals surface area contributed by atoms with Crippen LogP contribution < -0.4 is 5.32 Å². The summed E-state index contributed by atoms with van der Waals surface area (Å²) in [6.45, 7) is 10.5. The first-order chi connectivity index (χ1) is 8.74. The van der Waals surface area contributed by atoms with Crippen molar-refractivity contribution in [1.29, 1.82) is 0 Å². The third kappa shape index (κ3) is 3.59. The number of furan rings is 1. The Hall–Kier alpha value is -0.800. The first kappa shape index (κ1) is 13.6. The molecule has 1 aliphatic carbocycles. The van der Waals surface area contributed by atoms with Crippen LogP contribution in [-0.4, -0.2) is 24.0 Å². The van der Waals surface area contributed by atoms with Gasteiger partial charge in [0.1, 0.15) is 11.5 Å². The molecule has 0 atom stereocenters. The molecule has 3 heteroatoms. The van der Waals surface area contributed by atoms with Gasteiger partial charge in [0.15, 0.2) is 0 Å². The number of aryl methyl sites for hydroxylation is 1. The summed E-state index contributed by atoms with van der Waals surface area (Å²) in [4.78, 5) is 2.56. The lowest BCUT2D eigenvalue weighted by Crippen LogP contribution is -2.26. The summed E-state index contributed by atoms with van der Waals surface area (Å²) < 4.78 is 5.97. The van der Waals surface area contributed by atoms with Crippen LogP contribution in [0.25, 0.3) is 0 Å². The van der Waals surface area contributed by atoms with E-state index in [1.807, 2.05) is 0 Å². The van der Waals surface area contributed by atoms with Crippen LogP contribution in [-0.2, 0) is 13.1 Å². The molecule has 1 N–H and O–H groups in total. The van der Waals surface area contributed by atoms with Gasteiger partial charge in [0.25, 0.3) is 0 Å². The minimum atomic E-state index is 0.813. The Morgan fingerprint density at radius 3 is 2.78 bits per heavy atom. The lowest BCUT2D eigenvalue weighted by molar-refractivity contribution is 0.231. The Balaban J connectivity index is 1.95. The van der Waals surface area contributed by atoms with Crippen molar-refractivity contribution in [3.63, 3.8) is 0 Å². The zero-order valence-corrected chi connectivity index (χ0v) is 12.0. The number of nitrogens with one attached hydrogen (secondary N) is 1. The largest absolute Gasteiger partial charge is 0.463 e. The van der Waals surface area contributed by atoms with E-state index in [9.17, 15) is 0 Å². The van der Waals surface area contributed by atoms with E-state index in [0.717, 1.165) is 37.2 Å². The zero-order valence-electron chi connectivity index (χ0n) is 12.0. The van der Waals surface area contributed by atoms with Gasteiger partial charge in [-0.15, -0.1) is 0 Å². The molecule has 0 amide bonds. The fourth-order valence-corrected chi connectivity index (χ4v) is 2.40. The van der Waals surface area contributed by atoms with Crippen molar-refractivity contribution in [1.82, 2.24) is 10.2 Å². The lowest BCUT2D eigenvalue weighted by Gasteiger charge is -2.19. The minimum absolute atomic E-state index is 0.813. The second-order valence-electron chi connectivity index (χ2n) is 5.30. The third-order valence-corrected chi connectivity index (χ3v) is 3.54. The normalized spacial score (nSPS) is 15.6. The van der Waals surface area contributed by atoms with Crippen LogP contribution in [0.5, 0.6) is 0 Å². The summed E-state index contributed by atoms with van der Waals surface area (Å²) >= 11 is 0. The van der Waals surface area contributed by atoms with Crippen molar-refractivity contribution < 1.29 is 4.42 Å². The van der Waals surface area contributed by atoms with Gasteiger partial charge in [0, 0.05) is 6.04 Å². The maximum atomic E-state index is 5.97. The Labute approximate surface area is 111 Å². The smallest absolute Gasteiger partial charge is 0.120 e. The second kappa shape index (κ2) is 6.39. The van der Waals surface area contributed by atoms with Crippen molar-refractivity contribution in [3.05, 3.63) is 23.2 Å². The van der Waals surface area contributed by atoms with Gasteiger partial charge in [-0.25, -0.2) is 0 Å². The molecule has 1 aromatic rings. The molecule has 1 heterocycles. The van der Waals surface area contributed by atoms with Gasteiger partial charge < -0.3 is 9.73 Å². The standard InChI is InChI=1S/C15H26N2O/c1-4-8-17(13-6-7-13)11-14-9-12(3)15(18-14)10-16-5-2/h9,13,16H,4-8,10-11H2,1-3H3. The fraction of sp³-hybridized carbons (Fsp3) is 0.733. The third-order valence-electron chi connectivity index (χ3n) is 3.54. The van der Waals surface area contributed by atoms with Crippen molar-refractivity contribution in [2.24, 2.45) is 0 Å². The molecule has 0 spiro atoms. The maximum Gasteiger partial charge on any atom is 0.120 e. The quantitative estimate of drug-likeness (QED) is 0.768. The van der Waals surface area contributed by atoms with Crippen LogP contribution in [0.4, 0.5) is 0 Å². The minimum Gasteiger partial charge on any atom is -0.463 e. The number of hydrogen-bond donors (Lipinski definition) is 1. The summed E-state index contributed by atoms with van der Waals surface area (Å²) in [6, 6.07) is 3.02. The van der Waals surface area contributed by atoms with Gasteiger partial charge in [0.2, 0.25) is 0 Å². The maximum absolute atomic E-state index is 5.97. The average molecular weight is 250 g/mol. The van der Waals surface area contributed by atoms with E-state index in [0.29, 0.717) is 0 Å². The van der Waals surface area contributed by atoms with Crippen LogP contribution in [0.1, 0.15) is 50.2 Å². The van der Waals surface area contributed by atoms with Gasteiger partial charge >= 0.3 is 0 Å². The molecule has 2 rings (SSSR count). The Morgan fingerprint density at radius 1 is 1.39 bits per heavy atom. The van der Waals surface area contributed by atoms with Gasteiger partial charge in [-0.05, 0) is 50.9 Å². The van der Waals surface area contributed by atoms with Gasteiger partial charge in [-0.1, -0.05) is 13.8 Å². The van der Waals surface area contributed by atoms with Crippen LogP contribution >= 0.6 is 0 Å². The molecule has 0 aromatic carbocycles. The summed E-state index contributed by atoms with van der Waals surface area (Å²) in [5.41, 5.74) is 1.28. The first-order valence-electron chi connectivity index (χ1n) is 7.27. The molecule has 0 radical (unpaired) electrons. The Morgan fingerprint density at radius 2 is 2.17 bits per heavy atom. The zero-order chi connectivity index (χ0) is 13.0. The molecule has 3 nitrogen and oxygen atoms in total. The van der Waals surface area contributed by atoms with E-state index in [2.05, 4.69) is 37.1 Å². The first-order valence-corrected chi connectivity index (χ1v) is 7.27. The van der Waals surface area contributed by atoms with Crippen LogP contribution in [0.15, 0.2) is 10.5 Å². The second-order valence-corrected chi connectivity index (χ2v) is 5.30. The fourth-order valence-electron chi connectivity index (χ4n) is 2.40. The van der Waals surface area contributed by atoms with E-state index >= 15 is 0 Å². The highest BCUT2D eigenvalue weighted by molar-refractivity contribution is 5.20.